The summed E-state index contributed by atoms with van der Waals surface area (Å²) in [5.74, 6) is -0.00462. The molecule has 18 heavy (non-hydrogen) atoms. The summed E-state index contributed by atoms with van der Waals surface area (Å²) in [6.07, 6.45) is 0.728. The van der Waals surface area contributed by atoms with E-state index in [1.807, 2.05) is 6.92 Å². The Bertz CT molecular complexity index is 392. The molecule has 0 bridgehead atoms. The van der Waals surface area contributed by atoms with Crippen LogP contribution >= 0.6 is 12.4 Å². The molecule has 1 saturated heterocycles. The van der Waals surface area contributed by atoms with Crippen molar-refractivity contribution in [1.82, 2.24) is 10.6 Å². The molecule has 1 amide bonds. The van der Waals surface area contributed by atoms with Gasteiger partial charge in [0.15, 0.2) is 0 Å². The van der Waals surface area contributed by atoms with E-state index in [1.54, 1.807) is 12.1 Å². The minimum atomic E-state index is -0.231. The van der Waals surface area contributed by atoms with E-state index in [0.29, 0.717) is 0 Å². The first-order valence-corrected chi connectivity index (χ1v) is 5.90. The van der Waals surface area contributed by atoms with Crippen molar-refractivity contribution >= 4 is 18.3 Å². The summed E-state index contributed by atoms with van der Waals surface area (Å²) in [6.45, 7) is 3.51. The van der Waals surface area contributed by atoms with E-state index in [4.69, 9.17) is 0 Å². The van der Waals surface area contributed by atoms with Crippen molar-refractivity contribution in [1.29, 1.82) is 0 Å². The van der Waals surface area contributed by atoms with E-state index in [0.717, 1.165) is 25.1 Å². The zero-order valence-corrected chi connectivity index (χ0v) is 11.1. The van der Waals surface area contributed by atoms with E-state index in [2.05, 4.69) is 10.6 Å². The van der Waals surface area contributed by atoms with Crippen LogP contribution in [0.1, 0.15) is 12.5 Å². The quantitative estimate of drug-likeness (QED) is 0.873. The highest BCUT2D eigenvalue weighted by Gasteiger charge is 2.25. The van der Waals surface area contributed by atoms with Crippen molar-refractivity contribution in [3.8, 4) is 0 Å². The second-order valence-corrected chi connectivity index (χ2v) is 4.60. The first-order valence-electron chi connectivity index (χ1n) is 5.90. The summed E-state index contributed by atoms with van der Waals surface area (Å²) >= 11 is 0. The highest BCUT2D eigenvalue weighted by Crippen LogP contribution is 2.07. The Kier molecular flexibility index (Phi) is 5.56. The van der Waals surface area contributed by atoms with Gasteiger partial charge >= 0.3 is 0 Å². The first kappa shape index (κ1) is 14.9. The fourth-order valence-corrected chi connectivity index (χ4v) is 1.86. The van der Waals surface area contributed by atoms with Crippen molar-refractivity contribution in [2.75, 3.05) is 13.1 Å². The van der Waals surface area contributed by atoms with Crippen molar-refractivity contribution in [2.45, 2.75) is 19.4 Å². The lowest BCUT2D eigenvalue weighted by atomic mass is 10.0. The fraction of sp³-hybridized carbons (Fsp3) is 0.462. The lowest BCUT2D eigenvalue weighted by Gasteiger charge is -2.27. The van der Waals surface area contributed by atoms with Crippen LogP contribution in [0, 0.1) is 11.7 Å². The molecule has 0 aliphatic carbocycles. The number of nitrogens with one attached hydrogen (secondary N) is 2. The van der Waals surface area contributed by atoms with Crippen molar-refractivity contribution in [3.05, 3.63) is 35.6 Å². The molecule has 1 heterocycles. The van der Waals surface area contributed by atoms with Gasteiger partial charge < -0.3 is 10.6 Å². The average Bonchev–Trinajstić information content (AvgIpc) is 2.18. The SMILES string of the molecule is CC(Cc1ccc(F)cc1)NC(=O)C1CNC1.Cl. The molecule has 1 aromatic rings. The molecule has 1 atom stereocenters. The van der Waals surface area contributed by atoms with Crippen LogP contribution < -0.4 is 10.6 Å². The first-order chi connectivity index (χ1) is 8.15. The van der Waals surface area contributed by atoms with Crippen molar-refractivity contribution in [2.24, 2.45) is 5.92 Å². The Hall–Kier alpha value is -1.13. The highest BCUT2D eigenvalue weighted by atomic mass is 35.5. The molecule has 0 radical (unpaired) electrons. The molecule has 1 aliphatic rings. The van der Waals surface area contributed by atoms with Gasteiger partial charge in [-0.3, -0.25) is 4.79 Å². The van der Waals surface area contributed by atoms with E-state index in [9.17, 15) is 9.18 Å². The van der Waals surface area contributed by atoms with Crippen LogP contribution in [0.25, 0.3) is 0 Å². The molecule has 0 aromatic heterocycles. The van der Waals surface area contributed by atoms with Gasteiger partial charge in [-0.1, -0.05) is 12.1 Å². The molecule has 1 aromatic carbocycles. The van der Waals surface area contributed by atoms with Gasteiger partial charge in [0.25, 0.3) is 0 Å². The Morgan fingerprint density at radius 2 is 2.06 bits per heavy atom. The van der Waals surface area contributed by atoms with Crippen molar-refractivity contribution in [3.63, 3.8) is 0 Å². The molecule has 5 heteroatoms. The Balaban J connectivity index is 0.00000162. The average molecular weight is 273 g/mol. The van der Waals surface area contributed by atoms with Crippen LogP contribution in [0.4, 0.5) is 4.39 Å². The smallest absolute Gasteiger partial charge is 0.225 e. The largest absolute Gasteiger partial charge is 0.353 e. The molecule has 0 spiro atoms. The van der Waals surface area contributed by atoms with Crippen molar-refractivity contribution < 1.29 is 9.18 Å². The van der Waals surface area contributed by atoms with Gasteiger partial charge in [-0.25, -0.2) is 4.39 Å². The number of carbonyl (C=O) groups is 1. The van der Waals surface area contributed by atoms with Gasteiger partial charge in [-0.05, 0) is 31.0 Å². The number of carbonyl (C=O) groups excluding carboxylic acids is 1. The summed E-state index contributed by atoms with van der Waals surface area (Å²) in [6, 6.07) is 6.47. The molecule has 1 aliphatic heterocycles. The van der Waals surface area contributed by atoms with Gasteiger partial charge in [-0.15, -0.1) is 12.4 Å². The van der Waals surface area contributed by atoms with Crippen LogP contribution in [0.5, 0.6) is 0 Å². The normalized spacial score (nSPS) is 16.3. The topological polar surface area (TPSA) is 41.1 Å². The molecule has 1 fully saturated rings. The molecule has 2 N–H and O–H groups in total. The third-order valence-corrected chi connectivity index (χ3v) is 3.00. The minimum absolute atomic E-state index is 0. The Morgan fingerprint density at radius 1 is 1.44 bits per heavy atom. The predicted molar refractivity (Wildman–Crippen MR) is 71.3 cm³/mol. The third-order valence-electron chi connectivity index (χ3n) is 3.00. The lowest BCUT2D eigenvalue weighted by Crippen LogP contribution is -2.52. The lowest BCUT2D eigenvalue weighted by molar-refractivity contribution is -0.127. The second-order valence-electron chi connectivity index (χ2n) is 4.60. The zero-order chi connectivity index (χ0) is 12.3. The van der Waals surface area contributed by atoms with Crippen LogP contribution in [-0.4, -0.2) is 25.0 Å². The minimum Gasteiger partial charge on any atom is -0.353 e. The summed E-state index contributed by atoms with van der Waals surface area (Å²) < 4.78 is 12.7. The standard InChI is InChI=1S/C13H17FN2O.ClH/c1-9(16-13(17)11-7-15-8-11)6-10-2-4-12(14)5-3-10;/h2-5,9,11,15H,6-8H2,1H3,(H,16,17);1H. The highest BCUT2D eigenvalue weighted by molar-refractivity contribution is 5.85. The van der Waals surface area contributed by atoms with E-state index in [1.165, 1.54) is 12.1 Å². The van der Waals surface area contributed by atoms with Gasteiger partial charge in [0.1, 0.15) is 5.82 Å². The molecule has 0 saturated carbocycles. The summed E-state index contributed by atoms with van der Waals surface area (Å²) in [4.78, 5) is 11.7. The molecule has 1 unspecified atom stereocenters. The monoisotopic (exact) mass is 272 g/mol. The fourth-order valence-electron chi connectivity index (χ4n) is 1.86. The molecule has 100 valence electrons. The third kappa shape index (κ3) is 3.96. The van der Waals surface area contributed by atoms with Gasteiger partial charge in [-0.2, -0.15) is 0 Å². The number of halogens is 2. The van der Waals surface area contributed by atoms with Crippen LogP contribution in [0.3, 0.4) is 0 Å². The maximum Gasteiger partial charge on any atom is 0.225 e. The summed E-state index contributed by atoms with van der Waals surface area (Å²) in [5.41, 5.74) is 1.03. The predicted octanol–water partition coefficient (Wildman–Crippen LogP) is 1.51. The maximum atomic E-state index is 12.7. The molecule has 2 rings (SSSR count). The van der Waals surface area contributed by atoms with E-state index in [-0.39, 0.29) is 36.1 Å². The van der Waals surface area contributed by atoms with Crippen LogP contribution in [0.15, 0.2) is 24.3 Å². The van der Waals surface area contributed by atoms with Gasteiger partial charge in [0.05, 0.1) is 5.92 Å². The zero-order valence-electron chi connectivity index (χ0n) is 10.3. The van der Waals surface area contributed by atoms with E-state index >= 15 is 0 Å². The number of benzene rings is 1. The number of rotatable bonds is 4. The van der Waals surface area contributed by atoms with Crippen LogP contribution in [-0.2, 0) is 11.2 Å². The van der Waals surface area contributed by atoms with Crippen LogP contribution in [0.2, 0.25) is 0 Å². The van der Waals surface area contributed by atoms with Gasteiger partial charge in [0.2, 0.25) is 5.91 Å². The Morgan fingerprint density at radius 3 is 2.56 bits per heavy atom. The summed E-state index contributed by atoms with van der Waals surface area (Å²) in [7, 11) is 0. The number of hydrogen-bond acceptors (Lipinski definition) is 2. The summed E-state index contributed by atoms with van der Waals surface area (Å²) in [5, 5.41) is 6.04. The molecular weight excluding hydrogens is 255 g/mol. The molecular formula is C13H18ClFN2O. The second kappa shape index (κ2) is 6.71. The number of amides is 1. The maximum absolute atomic E-state index is 12.7. The van der Waals surface area contributed by atoms with Gasteiger partial charge in [0, 0.05) is 19.1 Å². The molecule has 3 nitrogen and oxygen atoms in total. The Labute approximate surface area is 113 Å². The van der Waals surface area contributed by atoms with E-state index < -0.39 is 0 Å². The number of hydrogen-bond donors (Lipinski definition) is 2.